The topological polar surface area (TPSA) is 62.2 Å². The number of aliphatic carboxylic acids is 1. The fourth-order valence-electron chi connectivity index (χ4n) is 2.28. The van der Waals surface area contributed by atoms with Gasteiger partial charge in [0.1, 0.15) is 5.01 Å². The Bertz CT molecular complexity index is 846. The third kappa shape index (κ3) is 4.13. The van der Waals surface area contributed by atoms with Gasteiger partial charge in [-0.25, -0.2) is 4.98 Å². The van der Waals surface area contributed by atoms with Gasteiger partial charge in [0, 0.05) is 21.7 Å². The summed E-state index contributed by atoms with van der Waals surface area (Å²) in [6.45, 7) is 0.605. The van der Waals surface area contributed by atoms with E-state index < -0.39 is 5.97 Å². The van der Waals surface area contributed by atoms with Gasteiger partial charge < -0.3 is 10.4 Å². The first kappa shape index (κ1) is 16.5. The van der Waals surface area contributed by atoms with E-state index >= 15 is 0 Å². The van der Waals surface area contributed by atoms with Gasteiger partial charge in [-0.3, -0.25) is 4.79 Å². The summed E-state index contributed by atoms with van der Waals surface area (Å²) in [5, 5.41) is 15.7. The van der Waals surface area contributed by atoms with Gasteiger partial charge >= 0.3 is 5.97 Å². The third-order valence-corrected chi connectivity index (χ3v) is 4.63. The Balaban J connectivity index is 1.63. The maximum Gasteiger partial charge on any atom is 0.307 e. The molecule has 0 aliphatic rings. The average molecular weight is 359 g/mol. The molecule has 0 spiro atoms. The molecule has 3 rings (SSSR count). The number of halogens is 1. The Hall–Kier alpha value is -2.37. The minimum atomic E-state index is -0.828. The van der Waals surface area contributed by atoms with Crippen molar-refractivity contribution >= 4 is 34.6 Å². The van der Waals surface area contributed by atoms with Crippen LogP contribution in [0.2, 0.25) is 5.02 Å². The summed E-state index contributed by atoms with van der Waals surface area (Å²) in [4.78, 5) is 15.3. The Morgan fingerprint density at radius 3 is 2.62 bits per heavy atom. The lowest BCUT2D eigenvalue weighted by molar-refractivity contribution is -0.136. The molecule has 6 heteroatoms. The molecule has 24 heavy (non-hydrogen) atoms. The lowest BCUT2D eigenvalue weighted by atomic mass is 10.1. The number of nitrogens with zero attached hydrogens (tertiary/aromatic N) is 1. The molecule has 0 saturated carbocycles. The largest absolute Gasteiger partial charge is 0.481 e. The molecule has 0 aliphatic heterocycles. The van der Waals surface area contributed by atoms with Crippen molar-refractivity contribution in [2.45, 2.75) is 13.0 Å². The molecule has 1 heterocycles. The van der Waals surface area contributed by atoms with Crippen molar-refractivity contribution in [3.8, 4) is 11.3 Å². The van der Waals surface area contributed by atoms with Crippen LogP contribution in [0.1, 0.15) is 10.6 Å². The molecular weight excluding hydrogens is 344 g/mol. The summed E-state index contributed by atoms with van der Waals surface area (Å²) >= 11 is 7.77. The first-order chi connectivity index (χ1) is 11.6. The first-order valence-electron chi connectivity index (χ1n) is 7.36. The summed E-state index contributed by atoms with van der Waals surface area (Å²) in [7, 11) is 0. The molecular formula is C18H15ClN2O2S. The van der Waals surface area contributed by atoms with E-state index in [0.717, 1.165) is 27.5 Å². The predicted octanol–water partition coefficient (Wildman–Crippen LogP) is 4.70. The zero-order valence-electron chi connectivity index (χ0n) is 12.7. The van der Waals surface area contributed by atoms with Gasteiger partial charge in [0.15, 0.2) is 0 Å². The van der Waals surface area contributed by atoms with Gasteiger partial charge in [0.25, 0.3) is 0 Å². The van der Waals surface area contributed by atoms with E-state index in [4.69, 9.17) is 16.7 Å². The number of hydrogen-bond donors (Lipinski definition) is 2. The zero-order chi connectivity index (χ0) is 16.9. The molecule has 0 unspecified atom stereocenters. The van der Waals surface area contributed by atoms with E-state index in [9.17, 15) is 4.79 Å². The number of carboxylic acid groups (broad SMARTS) is 1. The van der Waals surface area contributed by atoms with Crippen molar-refractivity contribution < 1.29 is 9.90 Å². The van der Waals surface area contributed by atoms with E-state index in [1.54, 1.807) is 11.3 Å². The van der Waals surface area contributed by atoms with Gasteiger partial charge in [-0.2, -0.15) is 0 Å². The highest BCUT2D eigenvalue weighted by Gasteiger charge is 2.08. The van der Waals surface area contributed by atoms with Gasteiger partial charge in [0.2, 0.25) is 0 Å². The van der Waals surface area contributed by atoms with Crippen LogP contribution in [0.15, 0.2) is 53.9 Å². The minimum absolute atomic E-state index is 0.0357. The van der Waals surface area contributed by atoms with E-state index in [-0.39, 0.29) is 6.42 Å². The quantitative estimate of drug-likeness (QED) is 0.670. The molecule has 122 valence electrons. The molecule has 0 amide bonds. The Labute approximate surface area is 148 Å². The van der Waals surface area contributed by atoms with Crippen molar-refractivity contribution in [1.82, 2.24) is 4.98 Å². The van der Waals surface area contributed by atoms with Crippen LogP contribution in [-0.2, 0) is 17.8 Å². The standard InChI is InChI=1S/C18H15ClN2O2S/c19-15-4-2-1-3-14(15)16-11-24-17(21-16)10-20-13-7-5-12(6-8-13)9-18(22)23/h1-8,11,20H,9-10H2,(H,22,23). The summed E-state index contributed by atoms with van der Waals surface area (Å²) in [5.74, 6) is -0.828. The van der Waals surface area contributed by atoms with E-state index in [0.29, 0.717) is 11.6 Å². The van der Waals surface area contributed by atoms with Crippen LogP contribution in [0.5, 0.6) is 0 Å². The van der Waals surface area contributed by atoms with Crippen LogP contribution < -0.4 is 5.32 Å². The molecule has 2 aromatic carbocycles. The van der Waals surface area contributed by atoms with E-state index in [2.05, 4.69) is 10.3 Å². The fourth-order valence-corrected chi connectivity index (χ4v) is 3.24. The Morgan fingerprint density at radius 1 is 1.17 bits per heavy atom. The van der Waals surface area contributed by atoms with Crippen molar-refractivity contribution in [1.29, 1.82) is 0 Å². The summed E-state index contributed by atoms with van der Waals surface area (Å²) in [6, 6.07) is 15.0. The first-order valence-corrected chi connectivity index (χ1v) is 8.61. The number of aromatic nitrogens is 1. The van der Waals surface area contributed by atoms with Crippen molar-refractivity contribution in [2.75, 3.05) is 5.32 Å². The van der Waals surface area contributed by atoms with Crippen LogP contribution in [-0.4, -0.2) is 16.1 Å². The fraction of sp³-hybridized carbons (Fsp3) is 0.111. The Morgan fingerprint density at radius 2 is 1.92 bits per heavy atom. The SMILES string of the molecule is O=C(O)Cc1ccc(NCc2nc(-c3ccccc3Cl)cs2)cc1. The number of anilines is 1. The van der Waals surface area contributed by atoms with Gasteiger partial charge in [-0.1, -0.05) is 41.9 Å². The highest BCUT2D eigenvalue weighted by Crippen LogP contribution is 2.28. The number of hydrogen-bond acceptors (Lipinski definition) is 4. The normalized spacial score (nSPS) is 10.5. The highest BCUT2D eigenvalue weighted by molar-refractivity contribution is 7.10. The lowest BCUT2D eigenvalue weighted by Crippen LogP contribution is -2.01. The number of benzene rings is 2. The van der Waals surface area contributed by atoms with Crippen LogP contribution in [0.3, 0.4) is 0 Å². The monoisotopic (exact) mass is 358 g/mol. The molecule has 0 aliphatic carbocycles. The van der Waals surface area contributed by atoms with Crippen molar-refractivity contribution in [3.05, 3.63) is 69.5 Å². The average Bonchev–Trinajstić information content (AvgIpc) is 3.03. The molecule has 0 atom stereocenters. The smallest absolute Gasteiger partial charge is 0.307 e. The number of rotatable bonds is 6. The van der Waals surface area contributed by atoms with Gasteiger partial charge in [0.05, 0.1) is 18.7 Å². The summed E-state index contributed by atoms with van der Waals surface area (Å²) < 4.78 is 0. The number of thiazole rings is 1. The van der Waals surface area contributed by atoms with Crippen molar-refractivity contribution in [2.24, 2.45) is 0 Å². The number of carbonyl (C=O) groups is 1. The predicted molar refractivity (Wildman–Crippen MR) is 97.7 cm³/mol. The molecule has 0 bridgehead atoms. The van der Waals surface area contributed by atoms with Crippen LogP contribution in [0.4, 0.5) is 5.69 Å². The van der Waals surface area contributed by atoms with Crippen LogP contribution in [0.25, 0.3) is 11.3 Å². The second kappa shape index (κ2) is 7.47. The molecule has 0 radical (unpaired) electrons. The van der Waals surface area contributed by atoms with Crippen LogP contribution >= 0.6 is 22.9 Å². The maximum absolute atomic E-state index is 10.7. The van der Waals surface area contributed by atoms with Crippen LogP contribution in [0, 0.1) is 0 Å². The van der Waals surface area contributed by atoms with Crippen molar-refractivity contribution in [3.63, 3.8) is 0 Å². The minimum Gasteiger partial charge on any atom is -0.481 e. The molecule has 1 aromatic heterocycles. The highest BCUT2D eigenvalue weighted by atomic mass is 35.5. The third-order valence-electron chi connectivity index (χ3n) is 3.45. The molecule has 2 N–H and O–H groups in total. The number of carboxylic acids is 1. The summed E-state index contributed by atoms with van der Waals surface area (Å²) in [6.07, 6.45) is 0.0357. The van der Waals surface area contributed by atoms with Gasteiger partial charge in [-0.05, 0) is 23.8 Å². The Kier molecular flexibility index (Phi) is 5.13. The molecule has 0 saturated heterocycles. The second-order valence-electron chi connectivity index (χ2n) is 5.23. The summed E-state index contributed by atoms with van der Waals surface area (Å²) in [5.41, 5.74) is 3.51. The number of nitrogens with one attached hydrogen (secondary N) is 1. The lowest BCUT2D eigenvalue weighted by Gasteiger charge is -2.05. The maximum atomic E-state index is 10.7. The molecule has 3 aromatic rings. The van der Waals surface area contributed by atoms with E-state index in [1.807, 2.05) is 53.9 Å². The second-order valence-corrected chi connectivity index (χ2v) is 6.58. The van der Waals surface area contributed by atoms with E-state index in [1.165, 1.54) is 0 Å². The molecule has 0 fully saturated rings. The zero-order valence-corrected chi connectivity index (χ0v) is 14.3. The molecule has 4 nitrogen and oxygen atoms in total. The van der Waals surface area contributed by atoms with Gasteiger partial charge in [-0.15, -0.1) is 11.3 Å².